The van der Waals surface area contributed by atoms with Crippen molar-refractivity contribution in [1.82, 2.24) is 9.97 Å². The third kappa shape index (κ3) is 5.68. The van der Waals surface area contributed by atoms with Crippen LogP contribution >= 0.6 is 0 Å². The van der Waals surface area contributed by atoms with E-state index in [0.29, 0.717) is 23.9 Å². The first-order valence-electron chi connectivity index (χ1n) is 9.34. The van der Waals surface area contributed by atoms with Crippen LogP contribution in [0, 0.1) is 0 Å². The summed E-state index contributed by atoms with van der Waals surface area (Å²) in [7, 11) is 5.59. The second kappa shape index (κ2) is 9.54. The standard InChI is InChI=1S/C22H25N5O2/c1-27(2)18-8-6-17(7-9-18)25-21(28)20-13-15-24-22(26-20)23-14-12-16-4-10-19(29-3)11-5-16/h4-11,13,15H,12,14H2,1-3H3,(H,25,28)(H,23,24,26). The Morgan fingerprint density at radius 3 is 2.41 bits per heavy atom. The summed E-state index contributed by atoms with van der Waals surface area (Å²) < 4.78 is 5.16. The molecule has 3 rings (SSSR count). The molecule has 29 heavy (non-hydrogen) atoms. The molecule has 1 heterocycles. The molecule has 0 bridgehead atoms. The molecule has 3 aromatic rings. The number of nitrogens with one attached hydrogen (secondary N) is 2. The van der Waals surface area contributed by atoms with Gasteiger partial charge < -0.3 is 20.3 Å². The summed E-state index contributed by atoms with van der Waals surface area (Å²) in [5.74, 6) is 0.984. The van der Waals surface area contributed by atoms with Crippen LogP contribution in [0.2, 0.25) is 0 Å². The zero-order valence-corrected chi connectivity index (χ0v) is 16.8. The van der Waals surface area contributed by atoms with Crippen LogP contribution in [0.25, 0.3) is 0 Å². The zero-order chi connectivity index (χ0) is 20.6. The van der Waals surface area contributed by atoms with E-state index in [0.717, 1.165) is 17.9 Å². The van der Waals surface area contributed by atoms with Gasteiger partial charge in [-0.1, -0.05) is 12.1 Å². The number of nitrogens with zero attached hydrogens (tertiary/aromatic N) is 3. The van der Waals surface area contributed by atoms with Gasteiger partial charge in [0.05, 0.1) is 7.11 Å². The van der Waals surface area contributed by atoms with Crippen molar-refractivity contribution >= 4 is 23.2 Å². The van der Waals surface area contributed by atoms with E-state index >= 15 is 0 Å². The molecule has 2 N–H and O–H groups in total. The third-order valence-corrected chi connectivity index (χ3v) is 4.39. The van der Waals surface area contributed by atoms with Crippen molar-refractivity contribution in [2.24, 2.45) is 0 Å². The Morgan fingerprint density at radius 1 is 1.03 bits per heavy atom. The van der Waals surface area contributed by atoms with E-state index in [4.69, 9.17) is 4.74 Å². The second-order valence-corrected chi connectivity index (χ2v) is 6.69. The highest BCUT2D eigenvalue weighted by atomic mass is 16.5. The number of carbonyl (C=O) groups is 1. The van der Waals surface area contributed by atoms with Crippen molar-refractivity contribution in [2.75, 3.05) is 43.3 Å². The molecule has 0 spiro atoms. The molecule has 0 aliphatic heterocycles. The van der Waals surface area contributed by atoms with Gasteiger partial charge in [-0.05, 0) is 54.4 Å². The van der Waals surface area contributed by atoms with Gasteiger partial charge >= 0.3 is 0 Å². The molecule has 0 aliphatic carbocycles. The van der Waals surface area contributed by atoms with Crippen LogP contribution in [0.3, 0.4) is 0 Å². The number of ether oxygens (including phenoxy) is 1. The number of rotatable bonds is 8. The van der Waals surface area contributed by atoms with Crippen molar-refractivity contribution < 1.29 is 9.53 Å². The molecule has 7 nitrogen and oxygen atoms in total. The fourth-order valence-electron chi connectivity index (χ4n) is 2.72. The number of carbonyl (C=O) groups excluding carboxylic acids is 1. The number of hydrogen-bond donors (Lipinski definition) is 2. The van der Waals surface area contributed by atoms with Gasteiger partial charge in [0.25, 0.3) is 5.91 Å². The van der Waals surface area contributed by atoms with E-state index in [1.165, 1.54) is 5.56 Å². The first-order chi connectivity index (χ1) is 14.0. The van der Waals surface area contributed by atoms with Gasteiger partial charge in [0.2, 0.25) is 5.95 Å². The molecule has 1 amide bonds. The normalized spacial score (nSPS) is 10.3. The van der Waals surface area contributed by atoms with Crippen LogP contribution in [-0.4, -0.2) is 43.6 Å². The summed E-state index contributed by atoms with van der Waals surface area (Å²) in [4.78, 5) is 23.0. The monoisotopic (exact) mass is 391 g/mol. The highest BCUT2D eigenvalue weighted by Crippen LogP contribution is 2.16. The van der Waals surface area contributed by atoms with Gasteiger partial charge in [0.1, 0.15) is 11.4 Å². The Balaban J connectivity index is 1.55. The first-order valence-corrected chi connectivity index (χ1v) is 9.34. The fraction of sp³-hybridized carbons (Fsp3) is 0.227. The van der Waals surface area contributed by atoms with E-state index in [2.05, 4.69) is 20.6 Å². The molecule has 0 radical (unpaired) electrons. The summed E-state index contributed by atoms with van der Waals surface area (Å²) in [6.45, 7) is 0.656. The Labute approximate surface area is 170 Å². The second-order valence-electron chi connectivity index (χ2n) is 6.69. The highest BCUT2D eigenvalue weighted by Gasteiger charge is 2.09. The Kier molecular flexibility index (Phi) is 6.63. The summed E-state index contributed by atoms with van der Waals surface area (Å²) in [6.07, 6.45) is 2.38. The predicted octanol–water partition coefficient (Wildman–Crippen LogP) is 3.46. The molecule has 1 aromatic heterocycles. The summed E-state index contributed by atoms with van der Waals surface area (Å²) in [5.41, 5.74) is 3.26. The van der Waals surface area contributed by atoms with Crippen molar-refractivity contribution in [3.63, 3.8) is 0 Å². The van der Waals surface area contributed by atoms with Crippen molar-refractivity contribution in [2.45, 2.75) is 6.42 Å². The molecular formula is C22H25N5O2. The largest absolute Gasteiger partial charge is 0.497 e. The molecular weight excluding hydrogens is 366 g/mol. The van der Waals surface area contributed by atoms with E-state index in [9.17, 15) is 4.79 Å². The minimum absolute atomic E-state index is 0.275. The molecule has 0 aliphatic rings. The number of benzene rings is 2. The maximum Gasteiger partial charge on any atom is 0.274 e. The quantitative estimate of drug-likeness (QED) is 0.612. The number of amides is 1. The molecule has 150 valence electrons. The first kappa shape index (κ1) is 20.1. The highest BCUT2D eigenvalue weighted by molar-refractivity contribution is 6.03. The van der Waals surface area contributed by atoms with Crippen molar-refractivity contribution in [3.8, 4) is 5.75 Å². The predicted molar refractivity (Wildman–Crippen MR) is 116 cm³/mol. The number of aromatic nitrogens is 2. The van der Waals surface area contributed by atoms with Crippen molar-refractivity contribution in [3.05, 3.63) is 72.1 Å². The van der Waals surface area contributed by atoms with Crippen molar-refractivity contribution in [1.29, 1.82) is 0 Å². The summed E-state index contributed by atoms with van der Waals surface area (Å²) in [5, 5.41) is 6.02. The lowest BCUT2D eigenvalue weighted by Crippen LogP contribution is -2.16. The molecule has 0 fully saturated rings. The lowest BCUT2D eigenvalue weighted by atomic mass is 10.1. The Hall–Kier alpha value is -3.61. The molecule has 0 saturated heterocycles. The topological polar surface area (TPSA) is 79.4 Å². The summed E-state index contributed by atoms with van der Waals surface area (Å²) in [6, 6.07) is 17.1. The zero-order valence-electron chi connectivity index (χ0n) is 16.8. The molecule has 0 unspecified atom stereocenters. The van der Waals surface area contributed by atoms with Crippen LogP contribution < -0.4 is 20.3 Å². The minimum Gasteiger partial charge on any atom is -0.497 e. The van der Waals surface area contributed by atoms with Gasteiger partial charge in [0.15, 0.2) is 0 Å². The van der Waals surface area contributed by atoms with Crippen LogP contribution in [0.5, 0.6) is 5.75 Å². The molecule has 0 saturated carbocycles. The summed E-state index contributed by atoms with van der Waals surface area (Å²) >= 11 is 0. The van der Waals surface area contributed by atoms with Gasteiger partial charge in [-0.25, -0.2) is 9.97 Å². The molecule has 2 aromatic carbocycles. The van der Waals surface area contributed by atoms with Gasteiger partial charge in [-0.15, -0.1) is 0 Å². The van der Waals surface area contributed by atoms with Crippen LogP contribution in [-0.2, 0) is 6.42 Å². The van der Waals surface area contributed by atoms with E-state index < -0.39 is 0 Å². The maximum atomic E-state index is 12.5. The Morgan fingerprint density at radius 2 is 1.76 bits per heavy atom. The van der Waals surface area contributed by atoms with E-state index in [1.807, 2.05) is 67.5 Å². The van der Waals surface area contributed by atoms with Crippen LogP contribution in [0.4, 0.5) is 17.3 Å². The maximum absolute atomic E-state index is 12.5. The number of methoxy groups -OCH3 is 1. The van der Waals surface area contributed by atoms with Crippen LogP contribution in [0.15, 0.2) is 60.8 Å². The third-order valence-electron chi connectivity index (χ3n) is 4.39. The van der Waals surface area contributed by atoms with Gasteiger partial charge in [-0.2, -0.15) is 0 Å². The fourth-order valence-corrected chi connectivity index (χ4v) is 2.72. The number of hydrogen-bond acceptors (Lipinski definition) is 6. The average molecular weight is 391 g/mol. The van der Waals surface area contributed by atoms with Crippen LogP contribution in [0.1, 0.15) is 16.1 Å². The smallest absolute Gasteiger partial charge is 0.274 e. The van der Waals surface area contributed by atoms with E-state index in [1.54, 1.807) is 19.4 Å². The van der Waals surface area contributed by atoms with Gasteiger partial charge in [0, 0.05) is 38.2 Å². The molecule has 0 atom stereocenters. The lowest BCUT2D eigenvalue weighted by molar-refractivity contribution is 0.102. The lowest BCUT2D eigenvalue weighted by Gasteiger charge is -2.13. The average Bonchev–Trinajstić information content (AvgIpc) is 2.75. The minimum atomic E-state index is -0.275. The van der Waals surface area contributed by atoms with E-state index in [-0.39, 0.29) is 5.91 Å². The SMILES string of the molecule is COc1ccc(CCNc2nccc(C(=O)Nc3ccc(N(C)C)cc3)n2)cc1. The molecule has 7 heteroatoms. The Bertz CT molecular complexity index is 940. The van der Waals surface area contributed by atoms with Gasteiger partial charge in [-0.3, -0.25) is 4.79 Å². The number of anilines is 3.